The molecule has 0 radical (unpaired) electrons. The van der Waals surface area contributed by atoms with Crippen LogP contribution in [0.1, 0.15) is 9.68 Å². The number of hydrogen-bond acceptors (Lipinski definition) is 5. The van der Waals surface area contributed by atoms with Gasteiger partial charge in [-0.05, 0) is 97.0 Å². The molecule has 15 rings (SSSR count). The fourth-order valence-corrected chi connectivity index (χ4v) is 12.0. The summed E-state index contributed by atoms with van der Waals surface area (Å²) in [6, 6.07) is 71.6. The normalized spacial score (nSPS) is 12.5. The van der Waals surface area contributed by atoms with Crippen molar-refractivity contribution in [3.05, 3.63) is 230 Å². The largest absolute Gasteiger partial charge is 0.309 e. The van der Waals surface area contributed by atoms with Gasteiger partial charge < -0.3 is 13.7 Å². The molecular formula is C64H37N7S. The van der Waals surface area contributed by atoms with Gasteiger partial charge in [-0.25, -0.2) is 15.0 Å². The molecule has 0 saturated heterocycles. The molecule has 0 fully saturated rings. The lowest BCUT2D eigenvalue weighted by Gasteiger charge is -2.13. The molecule has 334 valence electrons. The van der Waals surface area contributed by atoms with E-state index in [2.05, 4.69) is 130 Å². The summed E-state index contributed by atoms with van der Waals surface area (Å²) in [6.07, 6.45) is 0. The molecule has 0 bridgehead atoms. The van der Waals surface area contributed by atoms with Gasteiger partial charge in [-0.15, -0.1) is 11.3 Å². The van der Waals surface area contributed by atoms with E-state index in [9.17, 15) is 9.37 Å². The summed E-state index contributed by atoms with van der Waals surface area (Å²) in [4.78, 5) is 15.0. The zero-order valence-electron chi connectivity index (χ0n) is 41.2. The van der Waals surface area contributed by atoms with E-state index >= 15 is 0 Å². The molecule has 5 heterocycles. The van der Waals surface area contributed by atoms with Crippen molar-refractivity contribution in [3.63, 3.8) is 0 Å². The molecule has 7 nitrogen and oxygen atoms in total. The van der Waals surface area contributed by atoms with Gasteiger partial charge in [-0.2, -0.15) is 5.26 Å². The van der Waals surface area contributed by atoms with Gasteiger partial charge in [-0.3, -0.25) is 0 Å². The van der Waals surface area contributed by atoms with E-state index in [1.54, 1.807) is 11.3 Å². The SMILES string of the molecule is [2H]c1c([2H])c(-n2c3ccccc3c3ccc4c(c5ccccc5n4-c4ccc5sc6ccccc6c5c4)c32)c(C#N)c([2H])c1-c1nc(-c2ccccc2)nc(-c2ccc3c(c2)c2ccccc2n3-c2ccccc2)n1. The number of nitriles is 1. The first-order valence-corrected chi connectivity index (χ1v) is 24.6. The van der Waals surface area contributed by atoms with Crippen LogP contribution in [0.15, 0.2) is 224 Å². The standard InChI is InChI=1S/C64H37N7S/c65-38-42-35-40(63-66-62(39-15-3-1-4-16-39)67-64(68-63)41-28-32-56-50(36-41)46-20-8-11-23-53(46)69(56)43-17-5-2-6-18-43)27-31-52(42)71-54-24-12-7-19-45(54)48-30-33-57-60(61(48)71)49-22-9-13-25-55(49)70(57)44-29-34-59-51(37-44)47-21-10-14-26-58(47)72-59/h1-37H/i27D,31D,35D. The fraction of sp³-hybridized carbons (Fsp3) is 0. The first-order valence-electron chi connectivity index (χ1n) is 25.3. The third-order valence-electron chi connectivity index (χ3n) is 14.1. The van der Waals surface area contributed by atoms with Gasteiger partial charge in [0.2, 0.25) is 0 Å². The van der Waals surface area contributed by atoms with Crippen molar-refractivity contribution < 1.29 is 4.11 Å². The summed E-state index contributed by atoms with van der Waals surface area (Å²) in [5.41, 5.74) is 9.06. The molecule has 0 aliphatic carbocycles. The third kappa shape index (κ3) is 5.99. The van der Waals surface area contributed by atoms with Gasteiger partial charge >= 0.3 is 0 Å². The first kappa shape index (κ1) is 37.2. The number of nitrogens with zero attached hydrogens (tertiary/aromatic N) is 7. The van der Waals surface area contributed by atoms with Crippen molar-refractivity contribution in [2.24, 2.45) is 0 Å². The molecular weight excluding hydrogens is 899 g/mol. The number of para-hydroxylation sites is 4. The highest BCUT2D eigenvalue weighted by atomic mass is 32.1. The van der Waals surface area contributed by atoms with Crippen LogP contribution in [-0.4, -0.2) is 28.7 Å². The molecule has 15 aromatic rings. The van der Waals surface area contributed by atoms with E-state index in [0.29, 0.717) is 22.8 Å². The fourth-order valence-electron chi connectivity index (χ4n) is 10.9. The highest BCUT2D eigenvalue weighted by molar-refractivity contribution is 7.25. The Kier molecular flexibility index (Phi) is 8.11. The number of rotatable bonds is 6. The summed E-state index contributed by atoms with van der Waals surface area (Å²) < 4.78 is 38.9. The van der Waals surface area contributed by atoms with Crippen molar-refractivity contribution in [2.45, 2.75) is 0 Å². The lowest BCUT2D eigenvalue weighted by molar-refractivity contribution is 1.07. The summed E-state index contributed by atoms with van der Waals surface area (Å²) in [6.45, 7) is 0. The van der Waals surface area contributed by atoms with Crippen LogP contribution in [0.4, 0.5) is 0 Å². The Morgan fingerprint density at radius 3 is 1.74 bits per heavy atom. The highest BCUT2D eigenvalue weighted by Gasteiger charge is 2.24. The summed E-state index contributed by atoms with van der Waals surface area (Å²) in [7, 11) is 0. The van der Waals surface area contributed by atoms with Crippen LogP contribution in [-0.2, 0) is 0 Å². The maximum Gasteiger partial charge on any atom is 0.164 e. The van der Waals surface area contributed by atoms with Gasteiger partial charge in [0.15, 0.2) is 17.5 Å². The molecule has 0 atom stereocenters. The van der Waals surface area contributed by atoms with Gasteiger partial charge in [0.1, 0.15) is 6.07 Å². The summed E-state index contributed by atoms with van der Waals surface area (Å²) in [5, 5.41) is 19.6. The Labute approximate surface area is 420 Å². The van der Waals surface area contributed by atoms with Crippen LogP contribution in [0.3, 0.4) is 0 Å². The van der Waals surface area contributed by atoms with Crippen LogP contribution in [0.2, 0.25) is 0 Å². The van der Waals surface area contributed by atoms with E-state index in [-0.39, 0.29) is 40.8 Å². The average Bonchev–Trinajstić information content (AvgIpc) is 4.27. The lowest BCUT2D eigenvalue weighted by Crippen LogP contribution is -2.02. The molecule has 0 amide bonds. The molecule has 72 heavy (non-hydrogen) atoms. The van der Waals surface area contributed by atoms with Gasteiger partial charge in [-0.1, -0.05) is 127 Å². The predicted molar refractivity (Wildman–Crippen MR) is 297 cm³/mol. The predicted octanol–water partition coefficient (Wildman–Crippen LogP) is 16.4. The molecule has 10 aromatic carbocycles. The molecule has 5 aromatic heterocycles. The van der Waals surface area contributed by atoms with Gasteiger partial charge in [0.25, 0.3) is 0 Å². The van der Waals surface area contributed by atoms with E-state index in [1.165, 1.54) is 20.2 Å². The van der Waals surface area contributed by atoms with Crippen LogP contribution >= 0.6 is 11.3 Å². The zero-order valence-corrected chi connectivity index (χ0v) is 39.0. The Hall–Kier alpha value is -9.68. The third-order valence-corrected chi connectivity index (χ3v) is 15.2. The second-order valence-electron chi connectivity index (χ2n) is 18.0. The monoisotopic (exact) mass is 938 g/mol. The lowest BCUT2D eigenvalue weighted by atomic mass is 10.1. The number of thiophene rings is 1. The quantitative estimate of drug-likeness (QED) is 0.166. The molecule has 8 heteroatoms. The van der Waals surface area contributed by atoms with Gasteiger partial charge in [0.05, 0.1) is 48.5 Å². The molecule has 0 unspecified atom stereocenters. The number of aromatic nitrogens is 6. The van der Waals surface area contributed by atoms with Crippen molar-refractivity contribution in [1.29, 1.82) is 5.26 Å². The Bertz CT molecular complexity index is 4950. The van der Waals surface area contributed by atoms with Crippen molar-refractivity contribution in [3.8, 4) is 57.3 Å². The van der Waals surface area contributed by atoms with E-state index in [1.807, 2.05) is 95.6 Å². The van der Waals surface area contributed by atoms with E-state index in [0.717, 1.165) is 76.8 Å². The smallest absolute Gasteiger partial charge is 0.164 e. The molecule has 0 N–H and O–H groups in total. The Balaban J connectivity index is 0.968. The summed E-state index contributed by atoms with van der Waals surface area (Å²) in [5.74, 6) is 0.695. The molecule has 0 saturated carbocycles. The highest BCUT2D eigenvalue weighted by Crippen LogP contribution is 2.44. The minimum Gasteiger partial charge on any atom is -0.309 e. The van der Waals surface area contributed by atoms with Crippen LogP contribution in [0, 0.1) is 11.3 Å². The molecule has 0 aliphatic heterocycles. The molecule has 0 aliphatic rings. The van der Waals surface area contributed by atoms with Crippen molar-refractivity contribution in [2.75, 3.05) is 0 Å². The maximum absolute atomic E-state index is 11.4. The van der Waals surface area contributed by atoms with Crippen LogP contribution in [0.25, 0.3) is 137 Å². The second-order valence-corrected chi connectivity index (χ2v) is 19.1. The average molecular weight is 939 g/mol. The number of benzene rings is 10. The Morgan fingerprint density at radius 2 is 0.972 bits per heavy atom. The number of fused-ring (bicyclic) bond motifs is 13. The zero-order chi connectivity index (χ0) is 50.1. The number of hydrogen-bond donors (Lipinski definition) is 0. The van der Waals surface area contributed by atoms with Crippen LogP contribution < -0.4 is 0 Å². The van der Waals surface area contributed by atoms with Crippen molar-refractivity contribution in [1.82, 2.24) is 28.7 Å². The Morgan fingerprint density at radius 1 is 0.403 bits per heavy atom. The van der Waals surface area contributed by atoms with Gasteiger partial charge in [0, 0.05) is 80.6 Å². The van der Waals surface area contributed by atoms with E-state index in [4.69, 9.17) is 15.0 Å². The van der Waals surface area contributed by atoms with Crippen molar-refractivity contribution >= 4 is 96.9 Å². The maximum atomic E-state index is 11.4. The topological polar surface area (TPSA) is 77.2 Å². The summed E-state index contributed by atoms with van der Waals surface area (Å²) >= 11 is 1.79. The second kappa shape index (κ2) is 15.7. The van der Waals surface area contributed by atoms with Crippen LogP contribution in [0.5, 0.6) is 0 Å². The minimum atomic E-state index is -0.275. The first-order chi connectivity index (χ1) is 36.9. The molecule has 0 spiro atoms. The minimum absolute atomic E-state index is 0.0262. The van der Waals surface area contributed by atoms with E-state index < -0.39 is 0 Å².